The van der Waals surface area contributed by atoms with Gasteiger partial charge < -0.3 is 10.6 Å². The highest BCUT2D eigenvalue weighted by Gasteiger charge is 2.23. The van der Waals surface area contributed by atoms with Crippen LogP contribution >= 0.6 is 11.6 Å². The highest BCUT2D eigenvalue weighted by Crippen LogP contribution is 2.10. The lowest BCUT2D eigenvalue weighted by molar-refractivity contribution is -0.123. The molecule has 0 radical (unpaired) electrons. The van der Waals surface area contributed by atoms with Crippen LogP contribution in [-0.4, -0.2) is 30.5 Å². The van der Waals surface area contributed by atoms with E-state index in [0.29, 0.717) is 17.1 Å². The van der Waals surface area contributed by atoms with E-state index in [1.807, 2.05) is 36.4 Å². The number of halogens is 1. The van der Waals surface area contributed by atoms with Crippen LogP contribution in [0.1, 0.15) is 15.9 Å². The number of rotatable bonds is 7. The lowest BCUT2D eigenvalue weighted by Gasteiger charge is -2.19. The molecule has 3 rings (SSSR count). The molecule has 140 valence electrons. The average molecular weight is 386 g/mol. The van der Waals surface area contributed by atoms with Crippen molar-refractivity contribution in [1.82, 2.24) is 16.1 Å². The van der Waals surface area contributed by atoms with Crippen molar-refractivity contribution in [3.63, 3.8) is 0 Å². The second-order valence-electron chi connectivity index (χ2n) is 6.10. The maximum absolute atomic E-state index is 12.7. The van der Waals surface area contributed by atoms with Gasteiger partial charge in [-0.15, -0.1) is 0 Å². The summed E-state index contributed by atoms with van der Waals surface area (Å²) in [5, 5.41) is 6.00. The second kappa shape index (κ2) is 9.21. The van der Waals surface area contributed by atoms with Gasteiger partial charge in [-0.1, -0.05) is 60.1 Å². The van der Waals surface area contributed by atoms with Gasteiger partial charge in [0, 0.05) is 12.0 Å². The van der Waals surface area contributed by atoms with Crippen molar-refractivity contribution in [2.24, 2.45) is 0 Å². The first-order valence-corrected chi connectivity index (χ1v) is 8.96. The highest BCUT2D eigenvalue weighted by atomic mass is 35.5. The van der Waals surface area contributed by atoms with Crippen LogP contribution < -0.4 is 16.1 Å². The van der Waals surface area contributed by atoms with E-state index in [4.69, 9.17) is 16.4 Å². The molecule has 6 nitrogen and oxygen atoms in total. The molecular formula is C20H20ClN3O3. The van der Waals surface area contributed by atoms with E-state index in [9.17, 15) is 9.59 Å². The molecule has 2 amide bonds. The monoisotopic (exact) mass is 385 g/mol. The third-order valence-electron chi connectivity index (χ3n) is 4.06. The van der Waals surface area contributed by atoms with Crippen molar-refractivity contribution < 1.29 is 14.4 Å². The number of benzene rings is 2. The first-order chi connectivity index (χ1) is 13.1. The van der Waals surface area contributed by atoms with E-state index < -0.39 is 6.04 Å². The van der Waals surface area contributed by atoms with Crippen LogP contribution in [0.3, 0.4) is 0 Å². The Morgan fingerprint density at radius 2 is 1.74 bits per heavy atom. The predicted octanol–water partition coefficient (Wildman–Crippen LogP) is 2.13. The Balaban J connectivity index is 1.66. The molecular weight excluding hydrogens is 366 g/mol. The SMILES string of the molecule is O=C(N[C@@H](Cc1ccccc1)C(=O)NCC1C=C(Cl)NO1)c1ccccc1. The standard InChI is InChI=1S/C20H20ClN3O3/c21-18-12-16(27-24-18)13-22-20(26)17(11-14-7-3-1-4-8-14)23-19(25)15-9-5-2-6-10-15/h1-10,12,16-17,24H,11,13H2,(H,22,26)(H,23,25)/t16?,17-/m0/s1. The van der Waals surface area contributed by atoms with E-state index in [-0.39, 0.29) is 24.5 Å². The summed E-state index contributed by atoms with van der Waals surface area (Å²) in [6, 6.07) is 17.6. The summed E-state index contributed by atoms with van der Waals surface area (Å²) in [6.07, 6.45) is 1.69. The zero-order valence-corrected chi connectivity index (χ0v) is 15.3. The van der Waals surface area contributed by atoms with Crippen molar-refractivity contribution in [2.75, 3.05) is 6.54 Å². The van der Waals surface area contributed by atoms with Gasteiger partial charge >= 0.3 is 0 Å². The van der Waals surface area contributed by atoms with Crippen LogP contribution in [0, 0.1) is 0 Å². The quantitative estimate of drug-likeness (QED) is 0.638. The topological polar surface area (TPSA) is 79.5 Å². The number of nitrogens with one attached hydrogen (secondary N) is 3. The molecule has 7 heteroatoms. The van der Waals surface area contributed by atoms with Crippen molar-refractivity contribution in [3.05, 3.63) is 83.0 Å². The van der Waals surface area contributed by atoms with Crippen LogP contribution in [0.15, 0.2) is 71.9 Å². The Hall–Kier alpha value is -2.83. The van der Waals surface area contributed by atoms with Crippen LogP contribution in [0.25, 0.3) is 0 Å². The fraction of sp³-hybridized carbons (Fsp3) is 0.200. The maximum Gasteiger partial charge on any atom is 0.251 e. The van der Waals surface area contributed by atoms with Crippen LogP contribution in [-0.2, 0) is 16.1 Å². The Kier molecular flexibility index (Phi) is 6.46. The third-order valence-corrected chi connectivity index (χ3v) is 4.26. The molecule has 1 aliphatic rings. The molecule has 1 heterocycles. The van der Waals surface area contributed by atoms with Gasteiger partial charge in [-0.05, 0) is 23.8 Å². The summed E-state index contributed by atoms with van der Waals surface area (Å²) in [5.41, 5.74) is 3.97. The Morgan fingerprint density at radius 1 is 1.07 bits per heavy atom. The van der Waals surface area contributed by atoms with Gasteiger partial charge in [-0.3, -0.25) is 19.9 Å². The van der Waals surface area contributed by atoms with E-state index in [0.717, 1.165) is 5.56 Å². The lowest BCUT2D eigenvalue weighted by Crippen LogP contribution is -2.49. The lowest BCUT2D eigenvalue weighted by atomic mass is 10.0. The van der Waals surface area contributed by atoms with Crippen molar-refractivity contribution in [3.8, 4) is 0 Å². The number of hydrogen-bond acceptors (Lipinski definition) is 4. The summed E-state index contributed by atoms with van der Waals surface area (Å²) in [4.78, 5) is 30.4. The maximum atomic E-state index is 12.7. The molecule has 2 aromatic rings. The molecule has 0 saturated carbocycles. The highest BCUT2D eigenvalue weighted by molar-refractivity contribution is 6.29. The van der Waals surface area contributed by atoms with E-state index in [1.165, 1.54) is 0 Å². The summed E-state index contributed by atoms with van der Waals surface area (Å²) < 4.78 is 0. The van der Waals surface area contributed by atoms with Gasteiger partial charge in [0.15, 0.2) is 0 Å². The minimum Gasteiger partial charge on any atom is -0.351 e. The molecule has 0 spiro atoms. The molecule has 3 N–H and O–H groups in total. The minimum absolute atomic E-state index is 0.245. The van der Waals surface area contributed by atoms with Gasteiger partial charge in [-0.2, -0.15) is 0 Å². The van der Waals surface area contributed by atoms with Gasteiger partial charge in [-0.25, -0.2) is 0 Å². The zero-order valence-electron chi connectivity index (χ0n) is 14.5. The molecule has 27 heavy (non-hydrogen) atoms. The van der Waals surface area contributed by atoms with Crippen molar-refractivity contribution in [1.29, 1.82) is 0 Å². The Bertz CT molecular complexity index is 812. The van der Waals surface area contributed by atoms with E-state index in [1.54, 1.807) is 30.3 Å². The first kappa shape index (κ1) is 18.9. The molecule has 0 aromatic heterocycles. The Morgan fingerprint density at radius 3 is 2.37 bits per heavy atom. The number of carbonyl (C=O) groups excluding carboxylic acids is 2. The number of amides is 2. The molecule has 0 aliphatic carbocycles. The Labute approximate surface area is 162 Å². The molecule has 2 atom stereocenters. The van der Waals surface area contributed by atoms with Crippen LogP contribution in [0.5, 0.6) is 0 Å². The summed E-state index contributed by atoms with van der Waals surface area (Å²) >= 11 is 5.78. The smallest absolute Gasteiger partial charge is 0.251 e. The van der Waals surface area contributed by atoms with Crippen LogP contribution in [0.2, 0.25) is 0 Å². The minimum atomic E-state index is -0.714. The van der Waals surface area contributed by atoms with E-state index >= 15 is 0 Å². The average Bonchev–Trinajstić information content (AvgIpc) is 3.12. The fourth-order valence-electron chi connectivity index (χ4n) is 2.68. The second-order valence-corrected chi connectivity index (χ2v) is 6.51. The van der Waals surface area contributed by atoms with Crippen LogP contribution in [0.4, 0.5) is 0 Å². The van der Waals surface area contributed by atoms with E-state index in [2.05, 4.69) is 16.1 Å². The fourth-order valence-corrected chi connectivity index (χ4v) is 2.86. The van der Waals surface area contributed by atoms with Gasteiger partial charge in [0.25, 0.3) is 5.91 Å². The number of hydrogen-bond donors (Lipinski definition) is 3. The van der Waals surface area contributed by atoms with Crippen molar-refractivity contribution >= 4 is 23.4 Å². The number of hydroxylamine groups is 1. The third kappa shape index (κ3) is 5.57. The molecule has 0 saturated heterocycles. The summed E-state index contributed by atoms with van der Waals surface area (Å²) in [6.45, 7) is 0.245. The summed E-state index contributed by atoms with van der Waals surface area (Å²) in [7, 11) is 0. The van der Waals surface area contributed by atoms with Gasteiger partial charge in [0.05, 0.1) is 6.54 Å². The summed E-state index contributed by atoms with van der Waals surface area (Å²) in [5.74, 6) is -0.587. The first-order valence-electron chi connectivity index (χ1n) is 8.58. The van der Waals surface area contributed by atoms with Gasteiger partial charge in [0.1, 0.15) is 17.3 Å². The molecule has 0 bridgehead atoms. The molecule has 2 aromatic carbocycles. The van der Waals surface area contributed by atoms with Gasteiger partial charge in [0.2, 0.25) is 5.91 Å². The normalized spacial score (nSPS) is 16.8. The predicted molar refractivity (Wildman–Crippen MR) is 103 cm³/mol. The zero-order chi connectivity index (χ0) is 19.1. The largest absolute Gasteiger partial charge is 0.351 e. The van der Waals surface area contributed by atoms with Crippen molar-refractivity contribution in [2.45, 2.75) is 18.6 Å². The number of carbonyl (C=O) groups is 2. The molecule has 0 fully saturated rings. The molecule has 1 aliphatic heterocycles. The molecule has 1 unspecified atom stereocenters.